The van der Waals surface area contributed by atoms with Crippen LogP contribution >= 0.6 is 11.8 Å². The van der Waals surface area contributed by atoms with Gasteiger partial charge in [-0.2, -0.15) is 10.1 Å². The monoisotopic (exact) mass is 346 g/mol. The average Bonchev–Trinajstić information content (AvgIpc) is 2.97. The standard InChI is InChI=1S/C16H22N6OS/c1-3-24-13-5-4-12(10-18-13)15(23)20-16-19-14(21-22(16)2)11-6-8-17-9-7-11/h4-5,10-11,17H,3,6-9H2,1-2H3,(H,19,20,21,23). The summed E-state index contributed by atoms with van der Waals surface area (Å²) in [7, 11) is 1.80. The molecule has 8 heteroatoms. The summed E-state index contributed by atoms with van der Waals surface area (Å²) in [5.41, 5.74) is 0.516. The van der Waals surface area contributed by atoms with Crippen molar-refractivity contribution in [2.45, 2.75) is 30.7 Å². The summed E-state index contributed by atoms with van der Waals surface area (Å²) in [6.07, 6.45) is 3.65. The second kappa shape index (κ2) is 7.76. The third-order valence-corrected chi connectivity index (χ3v) is 4.83. The summed E-state index contributed by atoms with van der Waals surface area (Å²) in [5.74, 6) is 2.37. The molecule has 1 fully saturated rings. The SMILES string of the molecule is CCSc1ccc(C(=O)Nc2nc(C3CCNCC3)nn2C)cn1. The third-order valence-electron chi connectivity index (χ3n) is 4.00. The van der Waals surface area contributed by atoms with Crippen LogP contribution in [0, 0.1) is 0 Å². The Morgan fingerprint density at radius 3 is 2.88 bits per heavy atom. The second-order valence-electron chi connectivity index (χ2n) is 5.71. The molecule has 0 bridgehead atoms. The zero-order valence-electron chi connectivity index (χ0n) is 14.0. The van der Waals surface area contributed by atoms with Gasteiger partial charge in [0.15, 0.2) is 5.82 Å². The third kappa shape index (κ3) is 3.93. The predicted molar refractivity (Wildman–Crippen MR) is 94.4 cm³/mol. The van der Waals surface area contributed by atoms with Gasteiger partial charge in [0, 0.05) is 19.2 Å². The first kappa shape index (κ1) is 16.9. The molecule has 2 aromatic heterocycles. The van der Waals surface area contributed by atoms with Gasteiger partial charge in [0.1, 0.15) is 0 Å². The fourth-order valence-electron chi connectivity index (χ4n) is 2.69. The molecule has 1 aliphatic rings. The Labute approximate surface area is 145 Å². The van der Waals surface area contributed by atoms with Gasteiger partial charge in [-0.3, -0.25) is 10.1 Å². The number of thioether (sulfide) groups is 1. The topological polar surface area (TPSA) is 84.7 Å². The van der Waals surface area contributed by atoms with E-state index in [4.69, 9.17) is 0 Å². The highest BCUT2D eigenvalue weighted by Gasteiger charge is 2.21. The zero-order valence-corrected chi connectivity index (χ0v) is 14.8. The van der Waals surface area contributed by atoms with Crippen LogP contribution in [0.5, 0.6) is 0 Å². The number of carbonyl (C=O) groups is 1. The predicted octanol–water partition coefficient (Wildman–Crippen LogP) is 2.04. The highest BCUT2D eigenvalue weighted by molar-refractivity contribution is 7.99. The molecule has 3 rings (SSSR count). The number of carbonyl (C=O) groups excluding carboxylic acids is 1. The van der Waals surface area contributed by atoms with Gasteiger partial charge < -0.3 is 5.32 Å². The Bertz CT molecular complexity index is 693. The quantitative estimate of drug-likeness (QED) is 0.806. The molecule has 0 atom stereocenters. The van der Waals surface area contributed by atoms with Crippen LogP contribution in [0.25, 0.3) is 0 Å². The number of aryl methyl sites for hydroxylation is 1. The zero-order chi connectivity index (χ0) is 16.9. The molecular weight excluding hydrogens is 324 g/mol. The molecule has 1 aliphatic heterocycles. The van der Waals surface area contributed by atoms with Crippen LogP contribution in [0.3, 0.4) is 0 Å². The van der Waals surface area contributed by atoms with Gasteiger partial charge in [0.2, 0.25) is 5.95 Å². The molecule has 0 saturated carbocycles. The van der Waals surface area contributed by atoms with Gasteiger partial charge in [-0.25, -0.2) is 9.67 Å². The first-order valence-electron chi connectivity index (χ1n) is 8.19. The van der Waals surface area contributed by atoms with Gasteiger partial charge in [-0.05, 0) is 43.8 Å². The molecule has 0 unspecified atom stereocenters. The van der Waals surface area contributed by atoms with Crippen molar-refractivity contribution in [1.82, 2.24) is 25.1 Å². The summed E-state index contributed by atoms with van der Waals surface area (Å²) in [5, 5.41) is 11.5. The van der Waals surface area contributed by atoms with E-state index in [1.54, 1.807) is 35.8 Å². The summed E-state index contributed by atoms with van der Waals surface area (Å²) in [6, 6.07) is 3.64. The number of hydrogen-bond acceptors (Lipinski definition) is 6. The maximum Gasteiger partial charge on any atom is 0.259 e. The number of nitrogens with zero attached hydrogens (tertiary/aromatic N) is 4. The van der Waals surface area contributed by atoms with Crippen molar-refractivity contribution >= 4 is 23.6 Å². The van der Waals surface area contributed by atoms with E-state index in [1.807, 2.05) is 6.07 Å². The Balaban J connectivity index is 1.68. The average molecular weight is 346 g/mol. The molecule has 7 nitrogen and oxygen atoms in total. The van der Waals surface area contributed by atoms with Crippen molar-refractivity contribution in [3.05, 3.63) is 29.7 Å². The van der Waals surface area contributed by atoms with E-state index >= 15 is 0 Å². The fraction of sp³-hybridized carbons (Fsp3) is 0.500. The van der Waals surface area contributed by atoms with E-state index in [-0.39, 0.29) is 5.91 Å². The Morgan fingerprint density at radius 1 is 1.42 bits per heavy atom. The molecule has 3 heterocycles. The van der Waals surface area contributed by atoms with Gasteiger partial charge in [-0.15, -0.1) is 11.8 Å². The summed E-state index contributed by atoms with van der Waals surface area (Å²) >= 11 is 1.65. The molecule has 128 valence electrons. The van der Waals surface area contributed by atoms with Crippen LogP contribution in [0.1, 0.15) is 41.9 Å². The van der Waals surface area contributed by atoms with Crippen molar-refractivity contribution in [3.63, 3.8) is 0 Å². The molecule has 1 saturated heterocycles. The lowest BCUT2D eigenvalue weighted by Crippen LogP contribution is -2.27. The highest BCUT2D eigenvalue weighted by atomic mass is 32.2. The van der Waals surface area contributed by atoms with Crippen molar-refractivity contribution in [1.29, 1.82) is 0 Å². The molecule has 0 spiro atoms. The first-order chi connectivity index (χ1) is 11.7. The van der Waals surface area contributed by atoms with Crippen molar-refractivity contribution in [2.24, 2.45) is 7.05 Å². The Hall–Kier alpha value is -1.93. The van der Waals surface area contributed by atoms with Gasteiger partial charge in [0.25, 0.3) is 5.91 Å². The lowest BCUT2D eigenvalue weighted by atomic mass is 9.98. The normalized spacial score (nSPS) is 15.4. The van der Waals surface area contributed by atoms with Gasteiger partial charge in [-0.1, -0.05) is 6.92 Å². The number of piperidine rings is 1. The molecule has 0 radical (unpaired) electrons. The molecule has 24 heavy (non-hydrogen) atoms. The lowest BCUT2D eigenvalue weighted by Gasteiger charge is -2.19. The summed E-state index contributed by atoms with van der Waals surface area (Å²) in [4.78, 5) is 21.2. The van der Waals surface area contributed by atoms with Crippen LogP contribution in [0.15, 0.2) is 23.4 Å². The molecule has 2 N–H and O–H groups in total. The molecule has 1 amide bonds. The number of aromatic nitrogens is 4. The molecular formula is C16H22N6OS. The van der Waals surface area contributed by atoms with E-state index in [0.717, 1.165) is 42.5 Å². The Kier molecular flexibility index (Phi) is 5.47. The number of rotatable bonds is 5. The van der Waals surface area contributed by atoms with Crippen LogP contribution in [0.4, 0.5) is 5.95 Å². The number of nitrogens with one attached hydrogen (secondary N) is 2. The van der Waals surface area contributed by atoms with E-state index in [2.05, 4.69) is 32.6 Å². The van der Waals surface area contributed by atoms with Crippen molar-refractivity contribution in [2.75, 3.05) is 24.2 Å². The lowest BCUT2D eigenvalue weighted by molar-refractivity contribution is 0.102. The van der Waals surface area contributed by atoms with E-state index < -0.39 is 0 Å². The van der Waals surface area contributed by atoms with E-state index in [1.165, 1.54) is 0 Å². The van der Waals surface area contributed by atoms with E-state index in [9.17, 15) is 4.79 Å². The molecule has 2 aromatic rings. The second-order valence-corrected chi connectivity index (χ2v) is 7.00. The number of pyridine rings is 1. The highest BCUT2D eigenvalue weighted by Crippen LogP contribution is 2.23. The summed E-state index contributed by atoms with van der Waals surface area (Å²) in [6.45, 7) is 4.04. The minimum Gasteiger partial charge on any atom is -0.317 e. The van der Waals surface area contributed by atoms with Crippen molar-refractivity contribution in [3.8, 4) is 0 Å². The first-order valence-corrected chi connectivity index (χ1v) is 9.17. The number of anilines is 1. The van der Waals surface area contributed by atoms with Crippen LogP contribution in [-0.4, -0.2) is 44.5 Å². The molecule has 0 aromatic carbocycles. The van der Waals surface area contributed by atoms with Crippen molar-refractivity contribution < 1.29 is 4.79 Å². The van der Waals surface area contributed by atoms with Crippen LogP contribution < -0.4 is 10.6 Å². The van der Waals surface area contributed by atoms with Crippen LogP contribution in [-0.2, 0) is 7.05 Å². The fourth-order valence-corrected chi connectivity index (χ4v) is 3.28. The van der Waals surface area contributed by atoms with Crippen LogP contribution in [0.2, 0.25) is 0 Å². The molecule has 0 aliphatic carbocycles. The van der Waals surface area contributed by atoms with E-state index in [0.29, 0.717) is 17.4 Å². The summed E-state index contributed by atoms with van der Waals surface area (Å²) < 4.78 is 1.63. The van der Waals surface area contributed by atoms with Gasteiger partial charge >= 0.3 is 0 Å². The minimum atomic E-state index is -0.220. The number of hydrogen-bond donors (Lipinski definition) is 2. The van der Waals surface area contributed by atoms with Gasteiger partial charge in [0.05, 0.1) is 10.6 Å². The maximum atomic E-state index is 12.4. The Morgan fingerprint density at radius 2 is 2.21 bits per heavy atom. The largest absolute Gasteiger partial charge is 0.317 e. The smallest absolute Gasteiger partial charge is 0.259 e. The minimum absolute atomic E-state index is 0.220. The number of amides is 1. The maximum absolute atomic E-state index is 12.4.